The SMILES string of the molecule is CCCCn1cc(-c2ccc(C(C)N3CCC3)cc2)nn1. The summed E-state index contributed by atoms with van der Waals surface area (Å²) in [5, 5.41) is 8.48. The Bertz CT molecular complexity index is 569. The molecule has 1 fully saturated rings. The highest BCUT2D eigenvalue weighted by Crippen LogP contribution is 2.26. The Morgan fingerprint density at radius 3 is 2.57 bits per heavy atom. The lowest BCUT2D eigenvalue weighted by atomic mass is 10.0. The van der Waals surface area contributed by atoms with Gasteiger partial charge in [0.05, 0.1) is 6.20 Å². The van der Waals surface area contributed by atoms with Crippen LogP contribution < -0.4 is 0 Å². The first-order valence-electron chi connectivity index (χ1n) is 8.02. The van der Waals surface area contributed by atoms with Crippen molar-refractivity contribution in [1.82, 2.24) is 19.9 Å². The second-order valence-corrected chi connectivity index (χ2v) is 5.91. The van der Waals surface area contributed by atoms with Gasteiger partial charge in [0.25, 0.3) is 0 Å². The Morgan fingerprint density at radius 2 is 1.95 bits per heavy atom. The maximum absolute atomic E-state index is 4.28. The summed E-state index contributed by atoms with van der Waals surface area (Å²) < 4.78 is 1.94. The van der Waals surface area contributed by atoms with Gasteiger partial charge in [-0.15, -0.1) is 5.10 Å². The van der Waals surface area contributed by atoms with Crippen molar-refractivity contribution < 1.29 is 0 Å². The molecule has 0 spiro atoms. The minimum absolute atomic E-state index is 0.521. The fourth-order valence-corrected chi connectivity index (χ4v) is 2.73. The van der Waals surface area contributed by atoms with E-state index in [-0.39, 0.29) is 0 Å². The van der Waals surface area contributed by atoms with Crippen LogP contribution in [-0.4, -0.2) is 33.0 Å². The first kappa shape index (κ1) is 14.3. The smallest absolute Gasteiger partial charge is 0.113 e. The van der Waals surface area contributed by atoms with E-state index in [1.165, 1.54) is 31.5 Å². The molecule has 4 nitrogen and oxygen atoms in total. The number of unbranched alkanes of at least 4 members (excludes halogenated alkanes) is 1. The van der Waals surface area contributed by atoms with E-state index in [0.29, 0.717) is 6.04 Å². The molecular formula is C17H24N4. The Labute approximate surface area is 126 Å². The highest BCUT2D eigenvalue weighted by atomic mass is 15.4. The van der Waals surface area contributed by atoms with Crippen molar-refractivity contribution >= 4 is 0 Å². The van der Waals surface area contributed by atoms with Crippen molar-refractivity contribution in [2.45, 2.75) is 45.7 Å². The van der Waals surface area contributed by atoms with Crippen molar-refractivity contribution in [3.63, 3.8) is 0 Å². The van der Waals surface area contributed by atoms with Gasteiger partial charge < -0.3 is 0 Å². The summed E-state index contributed by atoms with van der Waals surface area (Å²) in [4.78, 5) is 2.51. The van der Waals surface area contributed by atoms with E-state index in [1.807, 2.05) is 10.9 Å². The van der Waals surface area contributed by atoms with Crippen molar-refractivity contribution in [2.24, 2.45) is 0 Å². The molecule has 1 aliphatic heterocycles. The zero-order valence-corrected chi connectivity index (χ0v) is 13.0. The quantitative estimate of drug-likeness (QED) is 0.814. The molecule has 0 amide bonds. The molecule has 0 aliphatic carbocycles. The molecule has 3 rings (SSSR count). The highest BCUT2D eigenvalue weighted by molar-refractivity contribution is 5.58. The maximum atomic E-state index is 4.28. The normalized spacial score (nSPS) is 16.7. The van der Waals surface area contributed by atoms with Gasteiger partial charge in [-0.25, -0.2) is 0 Å². The Hall–Kier alpha value is -1.68. The number of hydrogen-bond donors (Lipinski definition) is 0. The van der Waals surface area contributed by atoms with E-state index in [4.69, 9.17) is 0 Å². The second kappa shape index (κ2) is 6.39. The first-order chi connectivity index (χ1) is 10.3. The topological polar surface area (TPSA) is 34.0 Å². The molecule has 112 valence electrons. The van der Waals surface area contributed by atoms with Crippen LogP contribution in [0.1, 0.15) is 44.7 Å². The molecule has 2 heterocycles. The number of aromatic nitrogens is 3. The van der Waals surface area contributed by atoms with Crippen LogP contribution in [0.4, 0.5) is 0 Å². The predicted molar refractivity (Wildman–Crippen MR) is 85.0 cm³/mol. The minimum Gasteiger partial charge on any atom is -0.297 e. The molecule has 4 heteroatoms. The lowest BCUT2D eigenvalue weighted by Crippen LogP contribution is -2.38. The number of nitrogens with zero attached hydrogens (tertiary/aromatic N) is 4. The summed E-state index contributed by atoms with van der Waals surface area (Å²) in [6, 6.07) is 9.31. The van der Waals surface area contributed by atoms with Crippen LogP contribution in [0.15, 0.2) is 30.5 Å². The van der Waals surface area contributed by atoms with Gasteiger partial charge in [-0.05, 0) is 38.4 Å². The van der Waals surface area contributed by atoms with Gasteiger partial charge in [0, 0.05) is 18.2 Å². The summed E-state index contributed by atoms with van der Waals surface area (Å²) in [5.74, 6) is 0. The van der Waals surface area contributed by atoms with E-state index >= 15 is 0 Å². The summed E-state index contributed by atoms with van der Waals surface area (Å²) in [5.41, 5.74) is 3.50. The molecule has 1 aliphatic rings. The van der Waals surface area contributed by atoms with Crippen LogP contribution in [0, 0.1) is 0 Å². The Balaban J connectivity index is 1.69. The van der Waals surface area contributed by atoms with Gasteiger partial charge in [0.2, 0.25) is 0 Å². The number of benzene rings is 1. The van der Waals surface area contributed by atoms with Gasteiger partial charge in [-0.3, -0.25) is 9.58 Å². The zero-order chi connectivity index (χ0) is 14.7. The average molecular weight is 284 g/mol. The van der Waals surface area contributed by atoms with Crippen LogP contribution >= 0.6 is 0 Å². The summed E-state index contributed by atoms with van der Waals surface area (Å²) in [6.07, 6.45) is 5.71. The highest BCUT2D eigenvalue weighted by Gasteiger charge is 2.21. The first-order valence-corrected chi connectivity index (χ1v) is 8.02. The number of aryl methyl sites for hydroxylation is 1. The Morgan fingerprint density at radius 1 is 1.19 bits per heavy atom. The number of hydrogen-bond acceptors (Lipinski definition) is 3. The van der Waals surface area contributed by atoms with Gasteiger partial charge in [0.15, 0.2) is 0 Å². The fraction of sp³-hybridized carbons (Fsp3) is 0.529. The van der Waals surface area contributed by atoms with Gasteiger partial charge >= 0.3 is 0 Å². The van der Waals surface area contributed by atoms with E-state index < -0.39 is 0 Å². The van der Waals surface area contributed by atoms with Crippen molar-refractivity contribution in [1.29, 1.82) is 0 Å². The molecule has 0 N–H and O–H groups in total. The third-order valence-electron chi connectivity index (χ3n) is 4.41. The summed E-state index contributed by atoms with van der Waals surface area (Å²) in [6.45, 7) is 7.89. The van der Waals surface area contributed by atoms with Gasteiger partial charge in [-0.1, -0.05) is 42.8 Å². The molecule has 1 aromatic carbocycles. The molecule has 0 radical (unpaired) electrons. The molecular weight excluding hydrogens is 260 g/mol. The summed E-state index contributed by atoms with van der Waals surface area (Å²) >= 11 is 0. The van der Waals surface area contributed by atoms with Crippen LogP contribution in [0.25, 0.3) is 11.3 Å². The standard InChI is InChI=1S/C17H24N4/c1-3-4-12-21-13-17(18-19-21)16-8-6-15(7-9-16)14(2)20-10-5-11-20/h6-9,13-14H,3-5,10-12H2,1-2H3. The predicted octanol–water partition coefficient (Wildman–Crippen LogP) is 3.51. The third kappa shape index (κ3) is 3.16. The largest absolute Gasteiger partial charge is 0.297 e. The molecule has 0 bridgehead atoms. The van der Waals surface area contributed by atoms with Crippen molar-refractivity contribution in [2.75, 3.05) is 13.1 Å². The van der Waals surface area contributed by atoms with Crippen LogP contribution in [0.5, 0.6) is 0 Å². The lowest BCUT2D eigenvalue weighted by Gasteiger charge is -2.36. The zero-order valence-electron chi connectivity index (χ0n) is 13.0. The molecule has 1 saturated heterocycles. The maximum Gasteiger partial charge on any atom is 0.113 e. The number of rotatable bonds is 6. The van der Waals surface area contributed by atoms with Crippen LogP contribution in [0.3, 0.4) is 0 Å². The lowest BCUT2D eigenvalue weighted by molar-refractivity contribution is 0.128. The monoisotopic (exact) mass is 284 g/mol. The van der Waals surface area contributed by atoms with E-state index in [1.54, 1.807) is 0 Å². The second-order valence-electron chi connectivity index (χ2n) is 5.91. The number of likely N-dealkylation sites (tertiary alicyclic amines) is 1. The third-order valence-corrected chi connectivity index (χ3v) is 4.41. The van der Waals surface area contributed by atoms with Gasteiger partial charge in [0.1, 0.15) is 5.69 Å². The Kier molecular flexibility index (Phi) is 4.34. The van der Waals surface area contributed by atoms with E-state index in [0.717, 1.165) is 24.2 Å². The molecule has 0 saturated carbocycles. The molecule has 2 aromatic rings. The van der Waals surface area contributed by atoms with E-state index in [2.05, 4.69) is 53.3 Å². The summed E-state index contributed by atoms with van der Waals surface area (Å²) in [7, 11) is 0. The van der Waals surface area contributed by atoms with Crippen molar-refractivity contribution in [3.8, 4) is 11.3 Å². The molecule has 1 aromatic heterocycles. The molecule has 1 atom stereocenters. The average Bonchev–Trinajstić information content (AvgIpc) is 2.92. The van der Waals surface area contributed by atoms with Crippen LogP contribution in [0.2, 0.25) is 0 Å². The molecule has 21 heavy (non-hydrogen) atoms. The minimum atomic E-state index is 0.521. The van der Waals surface area contributed by atoms with Crippen LogP contribution in [-0.2, 0) is 6.54 Å². The van der Waals surface area contributed by atoms with E-state index in [9.17, 15) is 0 Å². The van der Waals surface area contributed by atoms with Gasteiger partial charge in [-0.2, -0.15) is 0 Å². The van der Waals surface area contributed by atoms with Crippen molar-refractivity contribution in [3.05, 3.63) is 36.0 Å². The fourth-order valence-electron chi connectivity index (χ4n) is 2.73. The molecule has 1 unspecified atom stereocenters.